The summed E-state index contributed by atoms with van der Waals surface area (Å²) >= 11 is 12.9. The first-order valence-corrected chi connectivity index (χ1v) is 13.0. The first kappa shape index (κ1) is 26.2. The molecule has 0 heterocycles. The second-order valence-electron chi connectivity index (χ2n) is 9.19. The number of hydrogen-bond acceptors (Lipinski definition) is 2. The van der Waals surface area contributed by atoms with E-state index in [-0.39, 0.29) is 36.4 Å². The molecule has 1 aliphatic rings. The number of nitrogens with zero attached hydrogens (tertiary/aromatic N) is 1. The summed E-state index contributed by atoms with van der Waals surface area (Å²) in [7, 11) is 0. The lowest BCUT2D eigenvalue weighted by Crippen LogP contribution is -2.52. The highest BCUT2D eigenvalue weighted by atomic mass is 35.5. The lowest BCUT2D eigenvalue weighted by Gasteiger charge is -2.33. The Hall–Kier alpha value is -2.89. The van der Waals surface area contributed by atoms with Gasteiger partial charge in [-0.1, -0.05) is 90.6 Å². The van der Waals surface area contributed by atoms with E-state index < -0.39 is 11.9 Å². The third kappa shape index (κ3) is 6.65. The number of hydrogen-bond donors (Lipinski definition) is 1. The summed E-state index contributed by atoms with van der Waals surface area (Å²) in [5.41, 5.74) is 1.74. The predicted octanol–water partition coefficient (Wildman–Crippen LogP) is 6.37. The van der Waals surface area contributed by atoms with Crippen molar-refractivity contribution in [2.75, 3.05) is 0 Å². The molecule has 1 saturated carbocycles. The monoisotopic (exact) mass is 526 g/mol. The first-order valence-electron chi connectivity index (χ1n) is 12.2. The Kier molecular flexibility index (Phi) is 9.00. The van der Waals surface area contributed by atoms with E-state index in [9.17, 15) is 14.0 Å². The van der Waals surface area contributed by atoms with Crippen LogP contribution in [0, 0.1) is 5.82 Å². The number of carbonyl (C=O) groups is 2. The van der Waals surface area contributed by atoms with Gasteiger partial charge in [0.25, 0.3) is 0 Å². The summed E-state index contributed by atoms with van der Waals surface area (Å²) in [5.74, 6) is -1.06. The van der Waals surface area contributed by atoms with Crippen LogP contribution in [-0.4, -0.2) is 28.8 Å². The molecular formula is C29H29Cl2FN2O2. The summed E-state index contributed by atoms with van der Waals surface area (Å²) in [6.07, 6.45) is 4.10. The van der Waals surface area contributed by atoms with E-state index in [0.29, 0.717) is 22.0 Å². The Labute approximate surface area is 221 Å². The average molecular weight is 527 g/mol. The van der Waals surface area contributed by atoms with E-state index in [1.807, 2.05) is 30.3 Å². The lowest BCUT2D eigenvalue weighted by molar-refractivity contribution is -0.141. The van der Waals surface area contributed by atoms with Gasteiger partial charge in [0.2, 0.25) is 11.8 Å². The van der Waals surface area contributed by atoms with Crippen LogP contribution in [0.4, 0.5) is 4.39 Å². The topological polar surface area (TPSA) is 49.4 Å². The van der Waals surface area contributed by atoms with Crippen LogP contribution in [0.5, 0.6) is 0 Å². The van der Waals surface area contributed by atoms with Crippen molar-refractivity contribution in [2.24, 2.45) is 0 Å². The third-order valence-electron chi connectivity index (χ3n) is 6.66. The van der Waals surface area contributed by atoms with E-state index in [0.717, 1.165) is 31.2 Å². The standard InChI is InChI=1S/C29H29Cl2FN2O2/c30-24-14-8-15-25(31)23(24)19-34(28(35)18-21-11-4-7-16-26(21)32)27(17-20-9-2-1-3-10-20)29(36)33-22-12-5-6-13-22/h1-4,7-11,14-16,22,27H,5-6,12-13,17-19H2,(H,33,36)/t27-/m0/s1. The maximum absolute atomic E-state index is 14.5. The van der Waals surface area contributed by atoms with Gasteiger partial charge in [-0.15, -0.1) is 0 Å². The van der Waals surface area contributed by atoms with Gasteiger partial charge < -0.3 is 10.2 Å². The highest BCUT2D eigenvalue weighted by Gasteiger charge is 2.33. The number of nitrogens with one attached hydrogen (secondary N) is 1. The van der Waals surface area contributed by atoms with Crippen molar-refractivity contribution in [3.8, 4) is 0 Å². The quantitative estimate of drug-likeness (QED) is 0.352. The molecule has 4 nitrogen and oxygen atoms in total. The molecule has 188 valence electrons. The summed E-state index contributed by atoms with van der Waals surface area (Å²) < 4.78 is 14.5. The summed E-state index contributed by atoms with van der Waals surface area (Å²) in [5, 5.41) is 3.96. The van der Waals surface area contributed by atoms with Crippen molar-refractivity contribution < 1.29 is 14.0 Å². The zero-order valence-electron chi connectivity index (χ0n) is 19.9. The zero-order chi connectivity index (χ0) is 25.5. The smallest absolute Gasteiger partial charge is 0.243 e. The van der Waals surface area contributed by atoms with Gasteiger partial charge in [-0.25, -0.2) is 4.39 Å². The van der Waals surface area contributed by atoms with Crippen LogP contribution in [0.1, 0.15) is 42.4 Å². The van der Waals surface area contributed by atoms with E-state index in [1.165, 1.54) is 11.0 Å². The first-order chi connectivity index (χ1) is 17.4. The molecule has 0 aliphatic heterocycles. The van der Waals surface area contributed by atoms with Crippen molar-refractivity contribution in [1.82, 2.24) is 10.2 Å². The zero-order valence-corrected chi connectivity index (χ0v) is 21.4. The van der Waals surface area contributed by atoms with Gasteiger partial charge in [-0.2, -0.15) is 0 Å². The van der Waals surface area contributed by atoms with Crippen molar-refractivity contribution in [3.05, 3.63) is 105 Å². The summed E-state index contributed by atoms with van der Waals surface area (Å²) in [6.45, 7) is 0.0291. The van der Waals surface area contributed by atoms with Crippen LogP contribution < -0.4 is 5.32 Å². The molecule has 3 aromatic carbocycles. The fraction of sp³-hybridized carbons (Fsp3) is 0.310. The molecule has 36 heavy (non-hydrogen) atoms. The minimum atomic E-state index is -0.820. The van der Waals surface area contributed by atoms with Crippen molar-refractivity contribution in [2.45, 2.75) is 57.2 Å². The van der Waals surface area contributed by atoms with Gasteiger partial charge in [-0.05, 0) is 42.2 Å². The molecule has 1 aliphatic carbocycles. The Balaban J connectivity index is 1.71. The van der Waals surface area contributed by atoms with Gasteiger partial charge in [0.15, 0.2) is 0 Å². The van der Waals surface area contributed by atoms with Crippen LogP contribution in [0.15, 0.2) is 72.8 Å². The second kappa shape index (κ2) is 12.4. The minimum absolute atomic E-state index is 0.0291. The lowest BCUT2D eigenvalue weighted by atomic mass is 10.0. The molecule has 4 rings (SSSR count). The molecule has 0 spiro atoms. The second-order valence-corrected chi connectivity index (χ2v) is 10.00. The fourth-order valence-electron chi connectivity index (χ4n) is 4.68. The largest absolute Gasteiger partial charge is 0.352 e. The molecule has 2 amide bonds. The predicted molar refractivity (Wildman–Crippen MR) is 141 cm³/mol. The molecule has 0 saturated heterocycles. The van der Waals surface area contributed by atoms with E-state index in [4.69, 9.17) is 23.2 Å². The van der Waals surface area contributed by atoms with Crippen LogP contribution in [0.3, 0.4) is 0 Å². The van der Waals surface area contributed by atoms with Gasteiger partial charge in [-0.3, -0.25) is 9.59 Å². The molecule has 1 atom stereocenters. The molecule has 0 aromatic heterocycles. The SMILES string of the molecule is O=C(NC1CCCC1)[C@H](Cc1ccccc1)N(Cc1c(Cl)cccc1Cl)C(=O)Cc1ccccc1F. The molecule has 7 heteroatoms. The van der Waals surface area contributed by atoms with Crippen molar-refractivity contribution in [3.63, 3.8) is 0 Å². The molecule has 1 N–H and O–H groups in total. The van der Waals surface area contributed by atoms with Gasteiger partial charge in [0, 0.05) is 34.6 Å². The molecule has 1 fully saturated rings. The van der Waals surface area contributed by atoms with Crippen LogP contribution >= 0.6 is 23.2 Å². The van der Waals surface area contributed by atoms with E-state index >= 15 is 0 Å². The van der Waals surface area contributed by atoms with Gasteiger partial charge in [0.05, 0.1) is 6.42 Å². The minimum Gasteiger partial charge on any atom is -0.352 e. The number of halogens is 3. The highest BCUT2D eigenvalue weighted by molar-refractivity contribution is 6.36. The Bertz CT molecular complexity index is 1180. The third-order valence-corrected chi connectivity index (χ3v) is 7.37. The molecule has 0 unspecified atom stereocenters. The Morgan fingerprint density at radius 1 is 0.917 bits per heavy atom. The normalized spacial score (nSPS) is 14.4. The number of carbonyl (C=O) groups excluding carboxylic acids is 2. The molecule has 0 radical (unpaired) electrons. The Morgan fingerprint density at radius 3 is 2.22 bits per heavy atom. The van der Waals surface area contributed by atoms with Crippen molar-refractivity contribution in [1.29, 1.82) is 0 Å². The van der Waals surface area contributed by atoms with Gasteiger partial charge >= 0.3 is 0 Å². The molecule has 0 bridgehead atoms. The highest BCUT2D eigenvalue weighted by Crippen LogP contribution is 2.28. The van der Waals surface area contributed by atoms with Crippen LogP contribution in [-0.2, 0) is 29.0 Å². The van der Waals surface area contributed by atoms with Crippen LogP contribution in [0.2, 0.25) is 10.0 Å². The molecule has 3 aromatic rings. The van der Waals surface area contributed by atoms with E-state index in [2.05, 4.69) is 5.32 Å². The Morgan fingerprint density at radius 2 is 1.56 bits per heavy atom. The maximum Gasteiger partial charge on any atom is 0.243 e. The van der Waals surface area contributed by atoms with Crippen molar-refractivity contribution >= 4 is 35.0 Å². The van der Waals surface area contributed by atoms with E-state index in [1.54, 1.807) is 36.4 Å². The average Bonchev–Trinajstić information content (AvgIpc) is 3.38. The van der Waals surface area contributed by atoms with Crippen LogP contribution in [0.25, 0.3) is 0 Å². The number of amides is 2. The van der Waals surface area contributed by atoms with Gasteiger partial charge in [0.1, 0.15) is 11.9 Å². The fourth-order valence-corrected chi connectivity index (χ4v) is 5.20. The number of rotatable bonds is 9. The molecular weight excluding hydrogens is 498 g/mol. The summed E-state index contributed by atoms with van der Waals surface area (Å²) in [4.78, 5) is 28.9. The maximum atomic E-state index is 14.5. The summed E-state index contributed by atoms with van der Waals surface area (Å²) in [6, 6.07) is 20.1. The number of benzene rings is 3.